The summed E-state index contributed by atoms with van der Waals surface area (Å²) in [4.78, 5) is 43.8. The highest BCUT2D eigenvalue weighted by atomic mass is 16.6. The Kier molecular flexibility index (Phi) is 42.9. The fraction of sp³-hybridized carbons (Fsp3) is 0.763. The average molecular weight is 1080 g/mol. The van der Waals surface area contributed by atoms with Gasteiger partial charge in [0.25, 0.3) is 6.47 Å². The van der Waals surface area contributed by atoms with Gasteiger partial charge < -0.3 is 58.0 Å². The van der Waals surface area contributed by atoms with Crippen molar-refractivity contribution in [3.8, 4) is 11.5 Å². The topological polar surface area (TPSA) is 188 Å². The number of carbonyl (C=O) groups excluding carboxylic acids is 4. The van der Waals surface area contributed by atoms with E-state index in [9.17, 15) is 19.2 Å². The quantitative estimate of drug-likeness (QED) is 0.0158. The van der Waals surface area contributed by atoms with E-state index in [0.717, 1.165) is 68.4 Å². The van der Waals surface area contributed by atoms with Gasteiger partial charge in [-0.3, -0.25) is 14.5 Å². The third-order valence-corrected chi connectivity index (χ3v) is 12.1. The van der Waals surface area contributed by atoms with Crippen molar-refractivity contribution in [2.24, 2.45) is 11.8 Å². The smallest absolute Gasteiger partial charge is 0.333 e. The van der Waals surface area contributed by atoms with E-state index in [1.165, 1.54) is 0 Å². The molecule has 0 unspecified atom stereocenters. The summed E-state index contributed by atoms with van der Waals surface area (Å²) < 4.78 is 56.2. The van der Waals surface area contributed by atoms with E-state index in [2.05, 4.69) is 124 Å². The first kappa shape index (κ1) is 76.1. The molecule has 0 aromatic heterocycles. The van der Waals surface area contributed by atoms with Crippen molar-refractivity contribution in [1.82, 2.24) is 15.5 Å². The third kappa shape index (κ3) is 46.0. The molecule has 1 rings (SSSR count). The highest BCUT2D eigenvalue weighted by molar-refractivity contribution is 5.87. The zero-order chi connectivity index (χ0) is 58.9. The van der Waals surface area contributed by atoms with Gasteiger partial charge in [0, 0.05) is 76.5 Å². The molecule has 2 N–H and O–H groups in total. The third-order valence-electron chi connectivity index (χ3n) is 12.1. The molecule has 0 fully saturated rings. The fourth-order valence-corrected chi connectivity index (χ4v) is 5.32. The van der Waals surface area contributed by atoms with Crippen LogP contribution in [0.15, 0.2) is 48.6 Å². The number of hydrogen-bond donors (Lipinski definition) is 2. The van der Waals surface area contributed by atoms with E-state index in [4.69, 9.17) is 42.6 Å². The number of carbonyl (C=O) groups is 4. The Labute approximate surface area is 461 Å². The zero-order valence-corrected chi connectivity index (χ0v) is 51.1. The Hall–Kier alpha value is -4.10. The lowest BCUT2D eigenvalue weighted by molar-refractivity contribution is -0.142. The van der Waals surface area contributed by atoms with Crippen molar-refractivity contribution >= 4 is 24.8 Å². The molecular weight excluding hydrogens is 975 g/mol. The fourth-order valence-electron chi connectivity index (χ4n) is 5.32. The maximum absolute atomic E-state index is 10.7. The van der Waals surface area contributed by atoms with E-state index >= 15 is 0 Å². The number of hydrogen-bond acceptors (Lipinski definition) is 16. The number of benzene rings is 1. The van der Waals surface area contributed by atoms with Crippen molar-refractivity contribution < 1.29 is 66.5 Å². The van der Waals surface area contributed by atoms with Crippen LogP contribution in [0.2, 0.25) is 0 Å². The van der Waals surface area contributed by atoms with Crippen LogP contribution in [0.1, 0.15) is 156 Å². The molecule has 1 aromatic rings. The van der Waals surface area contributed by atoms with Crippen LogP contribution >= 0.6 is 0 Å². The molecule has 17 nitrogen and oxygen atoms in total. The Morgan fingerprint density at radius 2 is 1.08 bits per heavy atom. The summed E-state index contributed by atoms with van der Waals surface area (Å²) >= 11 is 0. The summed E-state index contributed by atoms with van der Waals surface area (Å²) in [5.41, 5.74) is -0.831. The van der Waals surface area contributed by atoms with Crippen LogP contribution < -0.4 is 20.1 Å². The number of likely N-dealkylation sites (N-methyl/N-ethyl adjacent to an activating group) is 1. The lowest BCUT2D eigenvalue weighted by Gasteiger charge is -2.36. The molecule has 0 saturated carbocycles. The van der Waals surface area contributed by atoms with Gasteiger partial charge in [-0.2, -0.15) is 0 Å². The second-order valence-electron chi connectivity index (χ2n) is 22.2. The summed E-state index contributed by atoms with van der Waals surface area (Å²) in [6, 6.07) is 7.79. The van der Waals surface area contributed by atoms with E-state index < -0.39 is 11.6 Å². The van der Waals surface area contributed by atoms with Crippen LogP contribution in [0.3, 0.4) is 0 Å². The van der Waals surface area contributed by atoms with E-state index in [-0.39, 0.29) is 35.1 Å². The molecular formula is C59H109N3O14. The molecule has 444 valence electrons. The summed E-state index contributed by atoms with van der Waals surface area (Å²) in [5, 5.41) is 5.21. The lowest BCUT2D eigenvalue weighted by atomic mass is 10.0. The Bertz CT molecular complexity index is 1690. The van der Waals surface area contributed by atoms with Gasteiger partial charge in [0.05, 0.1) is 49.8 Å². The minimum Gasteiger partial charge on any atom is -0.493 e. The monoisotopic (exact) mass is 1080 g/mol. The SMILES string of the molecule is C=C(C)C(=O)OCCNC.C=C(C)C(=O)OCCNC=O.CC(C)C(C)C.COC(C)(C)CCOC(C)(C)N(C)CCCOC(C)(C)CCOc1cccc(OCCC(C)(C)OCCCCOCCC(C)(C)OC=O)c1. The summed E-state index contributed by atoms with van der Waals surface area (Å²) in [7, 11) is 5.63. The number of unbranched alkanes of at least 4 members (excludes halogenated alkanes) is 1. The first-order chi connectivity index (χ1) is 35.3. The normalized spacial score (nSPS) is 11.8. The van der Waals surface area contributed by atoms with Gasteiger partial charge in [-0.1, -0.05) is 46.9 Å². The van der Waals surface area contributed by atoms with E-state index in [0.29, 0.717) is 96.4 Å². The summed E-state index contributed by atoms with van der Waals surface area (Å²) in [6.07, 6.45) is 6.33. The first-order valence-electron chi connectivity index (χ1n) is 27.0. The molecule has 0 aliphatic carbocycles. The number of esters is 2. The molecule has 1 amide bonds. The zero-order valence-electron chi connectivity index (χ0n) is 51.1. The maximum Gasteiger partial charge on any atom is 0.333 e. The number of amides is 1. The molecule has 0 radical (unpaired) electrons. The summed E-state index contributed by atoms with van der Waals surface area (Å²) in [5.74, 6) is 2.51. The van der Waals surface area contributed by atoms with Crippen LogP contribution in [-0.2, 0) is 57.1 Å². The molecule has 0 bridgehead atoms. The standard InChI is InChI=1S/C39H71NO9.C7H11NO3.C7H13NO2.C6H14/c1-35(2,42-12)22-30-48-39(9,10)40(11)23-16-26-47-37(5,6)21-29-45-34-18-15-17-33(31-34)44-28-20-36(3,4)46-25-14-13-24-43-27-19-38(7,8)49-32-41;1-6(2)7(10)11-4-3-8-5-9;1-6(2)7(9)10-5-4-8-3;1-5(2)6(3)4/h15,17-18,31-32H,13-14,16,19-30H2,1-12H3;5H,1,3-4H2,2H3,(H,8,9);8H,1,4-5H2,2-3H3;5-6H,1-4H3. The number of methoxy groups -OCH3 is 1. The maximum atomic E-state index is 10.7. The van der Waals surface area contributed by atoms with Crippen molar-refractivity contribution in [3.63, 3.8) is 0 Å². The van der Waals surface area contributed by atoms with Crippen LogP contribution in [0.4, 0.5) is 0 Å². The van der Waals surface area contributed by atoms with Gasteiger partial charge in [-0.05, 0) is 147 Å². The minimum absolute atomic E-state index is 0.185. The Balaban J connectivity index is -0.00000159. The van der Waals surface area contributed by atoms with Crippen LogP contribution in [-0.4, -0.2) is 158 Å². The molecule has 0 atom stereocenters. The largest absolute Gasteiger partial charge is 0.493 e. The predicted molar refractivity (Wildman–Crippen MR) is 305 cm³/mol. The second-order valence-corrected chi connectivity index (χ2v) is 22.2. The van der Waals surface area contributed by atoms with E-state index in [1.807, 2.05) is 38.1 Å². The van der Waals surface area contributed by atoms with Gasteiger partial charge in [0.2, 0.25) is 6.41 Å². The molecule has 0 heterocycles. The van der Waals surface area contributed by atoms with Crippen LogP contribution in [0, 0.1) is 11.8 Å². The molecule has 1 aromatic carbocycles. The molecule has 0 spiro atoms. The molecule has 76 heavy (non-hydrogen) atoms. The van der Waals surface area contributed by atoms with Crippen molar-refractivity contribution in [2.45, 2.75) is 184 Å². The second kappa shape index (κ2) is 42.9. The first-order valence-corrected chi connectivity index (χ1v) is 27.0. The highest BCUT2D eigenvalue weighted by Gasteiger charge is 2.27. The summed E-state index contributed by atoms with van der Waals surface area (Å²) in [6.45, 7) is 46.8. The minimum atomic E-state index is -0.492. The molecule has 17 heteroatoms. The van der Waals surface area contributed by atoms with Gasteiger partial charge in [0.15, 0.2) is 0 Å². The van der Waals surface area contributed by atoms with Gasteiger partial charge >= 0.3 is 11.9 Å². The van der Waals surface area contributed by atoms with Crippen LogP contribution in [0.25, 0.3) is 0 Å². The Morgan fingerprint density at radius 3 is 1.53 bits per heavy atom. The molecule has 0 aliphatic heterocycles. The lowest BCUT2D eigenvalue weighted by Crippen LogP contribution is -2.45. The highest BCUT2D eigenvalue weighted by Crippen LogP contribution is 2.24. The van der Waals surface area contributed by atoms with E-state index in [1.54, 1.807) is 28.0 Å². The predicted octanol–water partition coefficient (Wildman–Crippen LogP) is 10.3. The van der Waals surface area contributed by atoms with Crippen LogP contribution in [0.5, 0.6) is 11.5 Å². The van der Waals surface area contributed by atoms with Crippen molar-refractivity contribution in [3.05, 3.63) is 48.6 Å². The Morgan fingerprint density at radius 1 is 0.618 bits per heavy atom. The van der Waals surface area contributed by atoms with Gasteiger partial charge in [0.1, 0.15) is 36.0 Å². The van der Waals surface area contributed by atoms with Gasteiger partial charge in [-0.15, -0.1) is 0 Å². The molecule has 0 aliphatic rings. The molecule has 0 saturated heterocycles. The van der Waals surface area contributed by atoms with Crippen molar-refractivity contribution in [2.75, 3.05) is 100 Å². The number of ether oxygens (including phenoxy) is 10. The number of rotatable bonds is 40. The van der Waals surface area contributed by atoms with Gasteiger partial charge in [-0.25, -0.2) is 9.59 Å². The number of nitrogens with zero attached hydrogens (tertiary/aromatic N) is 1. The van der Waals surface area contributed by atoms with Crippen molar-refractivity contribution in [1.29, 1.82) is 0 Å². The number of nitrogens with one attached hydrogen (secondary N) is 2. The average Bonchev–Trinajstić information content (AvgIpc) is 3.32.